The first-order valence-corrected chi connectivity index (χ1v) is 9.45. The molecule has 6 heteroatoms. The number of nitrogens with zero attached hydrogens (tertiary/aromatic N) is 4. The Kier molecular flexibility index (Phi) is 11.4. The molecule has 0 unspecified atom stereocenters. The van der Waals surface area contributed by atoms with Crippen molar-refractivity contribution in [3.8, 4) is 0 Å². The third kappa shape index (κ3) is 8.05. The van der Waals surface area contributed by atoms with Gasteiger partial charge in [-0.15, -0.1) is 9.81 Å². The van der Waals surface area contributed by atoms with Gasteiger partial charge in [0, 0.05) is 12.4 Å². The summed E-state index contributed by atoms with van der Waals surface area (Å²) in [5, 5.41) is 8.64. The molecule has 0 aliphatic heterocycles. The molecule has 0 aromatic heterocycles. The average Bonchev–Trinajstić information content (AvgIpc) is 2.68. The van der Waals surface area contributed by atoms with Crippen molar-refractivity contribution in [2.75, 3.05) is 10.0 Å². The topological polar surface area (TPSA) is 65.3 Å². The van der Waals surface area contributed by atoms with Crippen molar-refractivity contribution in [2.24, 2.45) is 10.6 Å². The highest BCUT2D eigenvalue weighted by Crippen LogP contribution is 2.22. The molecule has 0 N–H and O–H groups in total. The third-order valence-corrected chi connectivity index (χ3v) is 4.00. The fourth-order valence-corrected chi connectivity index (χ4v) is 2.45. The lowest BCUT2D eigenvalue weighted by Crippen LogP contribution is -2.08. The van der Waals surface area contributed by atoms with Crippen LogP contribution in [0.1, 0.15) is 65.2 Å². The number of unbranched alkanes of at least 4 members (excludes halogenated alkanes) is 6. The molecule has 0 aliphatic rings. The quantitative estimate of drug-likeness (QED) is 0.207. The Balaban J connectivity index is 2.66. The maximum atomic E-state index is 11.1. The van der Waals surface area contributed by atoms with Crippen molar-refractivity contribution in [3.63, 3.8) is 0 Å². The molecule has 1 aromatic carbocycles. The van der Waals surface area contributed by atoms with E-state index in [1.807, 2.05) is 12.2 Å². The zero-order valence-electron chi connectivity index (χ0n) is 15.9. The number of hydrogen-bond acceptors (Lipinski definition) is 4. The van der Waals surface area contributed by atoms with Gasteiger partial charge in [-0.05, 0) is 49.9 Å². The molecule has 0 amide bonds. The van der Waals surface area contributed by atoms with Gasteiger partial charge in [0.1, 0.15) is 0 Å². The molecule has 0 fully saturated rings. The standard InChI is InChI=1S/C20H30N4O2/c1-3-5-7-9-11-17-23(21-25)19-13-15-20(16-14-19)24(22-26)18-12-10-8-6-4-2/h11-18H,3-10H2,1-2H3. The minimum atomic E-state index is 0.647. The van der Waals surface area contributed by atoms with Gasteiger partial charge in [-0.2, -0.15) is 0 Å². The van der Waals surface area contributed by atoms with E-state index in [1.54, 1.807) is 36.7 Å². The zero-order valence-corrected chi connectivity index (χ0v) is 15.9. The molecule has 0 radical (unpaired) electrons. The van der Waals surface area contributed by atoms with Gasteiger partial charge in [0.15, 0.2) is 0 Å². The molecule has 0 bridgehead atoms. The molecule has 0 aliphatic carbocycles. The van der Waals surface area contributed by atoms with Crippen molar-refractivity contribution >= 4 is 11.4 Å². The summed E-state index contributed by atoms with van der Waals surface area (Å²) >= 11 is 0. The van der Waals surface area contributed by atoms with Crippen LogP contribution in [-0.4, -0.2) is 0 Å². The first-order chi connectivity index (χ1) is 12.8. The van der Waals surface area contributed by atoms with Gasteiger partial charge in [-0.1, -0.05) is 51.7 Å². The molecule has 142 valence electrons. The number of nitroso groups, excluding NO2 is 2. The number of allylic oxidation sites excluding steroid dienone is 2. The summed E-state index contributed by atoms with van der Waals surface area (Å²) in [5.41, 5.74) is 1.29. The van der Waals surface area contributed by atoms with Crippen molar-refractivity contribution in [1.29, 1.82) is 0 Å². The Hall–Kier alpha value is -2.50. The monoisotopic (exact) mass is 358 g/mol. The Labute approximate surface area is 156 Å². The predicted octanol–water partition coefficient (Wildman–Crippen LogP) is 6.85. The minimum Gasteiger partial charge on any atom is -0.205 e. The van der Waals surface area contributed by atoms with Crippen LogP contribution < -0.4 is 10.0 Å². The van der Waals surface area contributed by atoms with E-state index in [-0.39, 0.29) is 0 Å². The molecule has 0 saturated heterocycles. The summed E-state index contributed by atoms with van der Waals surface area (Å²) in [6, 6.07) is 6.98. The number of anilines is 2. The Morgan fingerprint density at radius 1 is 0.731 bits per heavy atom. The fourth-order valence-electron chi connectivity index (χ4n) is 2.45. The second-order valence-corrected chi connectivity index (χ2v) is 6.13. The minimum absolute atomic E-state index is 0.647. The van der Waals surface area contributed by atoms with Crippen LogP contribution in [0.15, 0.2) is 59.4 Å². The SMILES string of the molecule is CCCCCC=CN(N=O)c1ccc(N(C=CCCCCC)N=O)cc1. The summed E-state index contributed by atoms with van der Waals surface area (Å²) in [6.07, 6.45) is 16.0. The molecule has 6 nitrogen and oxygen atoms in total. The lowest BCUT2D eigenvalue weighted by atomic mass is 10.2. The molecular formula is C20H30N4O2. The fraction of sp³-hybridized carbons (Fsp3) is 0.500. The van der Waals surface area contributed by atoms with E-state index >= 15 is 0 Å². The van der Waals surface area contributed by atoms with Crippen molar-refractivity contribution in [2.45, 2.75) is 65.2 Å². The van der Waals surface area contributed by atoms with Gasteiger partial charge in [-0.25, -0.2) is 10.0 Å². The Morgan fingerprint density at radius 2 is 1.12 bits per heavy atom. The first kappa shape index (κ1) is 21.5. The second kappa shape index (κ2) is 13.8. The van der Waals surface area contributed by atoms with Crippen LogP contribution in [0, 0.1) is 9.81 Å². The highest BCUT2D eigenvalue weighted by atomic mass is 16.3. The van der Waals surface area contributed by atoms with E-state index in [9.17, 15) is 9.81 Å². The van der Waals surface area contributed by atoms with E-state index in [1.165, 1.54) is 35.7 Å². The van der Waals surface area contributed by atoms with Crippen LogP contribution in [0.4, 0.5) is 11.4 Å². The molecule has 0 heterocycles. The molecule has 0 spiro atoms. The predicted molar refractivity (Wildman–Crippen MR) is 110 cm³/mol. The van der Waals surface area contributed by atoms with Gasteiger partial charge < -0.3 is 0 Å². The van der Waals surface area contributed by atoms with Crippen LogP contribution in [0.25, 0.3) is 0 Å². The largest absolute Gasteiger partial charge is 0.205 e. The summed E-state index contributed by atoms with van der Waals surface area (Å²) in [7, 11) is 0. The van der Waals surface area contributed by atoms with Crippen LogP contribution in [0.2, 0.25) is 0 Å². The van der Waals surface area contributed by atoms with E-state index in [4.69, 9.17) is 0 Å². The zero-order chi connectivity index (χ0) is 19.0. The average molecular weight is 358 g/mol. The molecular weight excluding hydrogens is 328 g/mol. The van der Waals surface area contributed by atoms with Gasteiger partial charge in [-0.3, -0.25) is 0 Å². The Bertz CT molecular complexity index is 519. The third-order valence-electron chi connectivity index (χ3n) is 4.00. The van der Waals surface area contributed by atoms with E-state index in [2.05, 4.69) is 24.4 Å². The molecule has 1 rings (SSSR count). The van der Waals surface area contributed by atoms with E-state index in [0.29, 0.717) is 11.4 Å². The van der Waals surface area contributed by atoms with Gasteiger partial charge in [0.05, 0.1) is 21.9 Å². The summed E-state index contributed by atoms with van der Waals surface area (Å²) < 4.78 is 0. The normalized spacial score (nSPS) is 11.2. The number of hydrogen-bond donors (Lipinski definition) is 0. The highest BCUT2D eigenvalue weighted by molar-refractivity contribution is 5.57. The van der Waals surface area contributed by atoms with Crippen LogP contribution in [0.3, 0.4) is 0 Å². The number of benzene rings is 1. The van der Waals surface area contributed by atoms with Crippen molar-refractivity contribution < 1.29 is 0 Å². The van der Waals surface area contributed by atoms with Crippen LogP contribution in [0.5, 0.6) is 0 Å². The molecule has 26 heavy (non-hydrogen) atoms. The van der Waals surface area contributed by atoms with Gasteiger partial charge >= 0.3 is 0 Å². The first-order valence-electron chi connectivity index (χ1n) is 9.45. The van der Waals surface area contributed by atoms with E-state index in [0.717, 1.165) is 25.7 Å². The maximum Gasteiger partial charge on any atom is 0.0679 e. The van der Waals surface area contributed by atoms with Crippen LogP contribution in [-0.2, 0) is 0 Å². The maximum absolute atomic E-state index is 11.1. The summed E-state index contributed by atoms with van der Waals surface area (Å²) in [4.78, 5) is 22.1. The summed E-state index contributed by atoms with van der Waals surface area (Å²) in [5.74, 6) is 0. The Morgan fingerprint density at radius 3 is 1.42 bits per heavy atom. The molecule has 0 atom stereocenters. The van der Waals surface area contributed by atoms with Crippen molar-refractivity contribution in [3.05, 3.63) is 58.6 Å². The highest BCUT2D eigenvalue weighted by Gasteiger charge is 2.06. The number of rotatable bonds is 14. The lowest BCUT2D eigenvalue weighted by Gasteiger charge is -2.13. The van der Waals surface area contributed by atoms with Crippen molar-refractivity contribution in [1.82, 2.24) is 0 Å². The summed E-state index contributed by atoms with van der Waals surface area (Å²) in [6.45, 7) is 4.31. The lowest BCUT2D eigenvalue weighted by molar-refractivity contribution is 0.728. The van der Waals surface area contributed by atoms with Gasteiger partial charge in [0.2, 0.25) is 0 Å². The van der Waals surface area contributed by atoms with Crippen LogP contribution >= 0.6 is 0 Å². The molecule has 1 aromatic rings. The second-order valence-electron chi connectivity index (χ2n) is 6.13. The smallest absolute Gasteiger partial charge is 0.0679 e. The molecule has 0 saturated carbocycles. The van der Waals surface area contributed by atoms with E-state index < -0.39 is 0 Å². The van der Waals surface area contributed by atoms with Gasteiger partial charge in [0.25, 0.3) is 0 Å².